The van der Waals surface area contributed by atoms with Crippen LogP contribution in [0.25, 0.3) is 0 Å². The summed E-state index contributed by atoms with van der Waals surface area (Å²) in [6.07, 6.45) is 0.788. The number of aliphatic hydroxyl groups excluding tert-OH is 1. The van der Waals surface area contributed by atoms with Crippen LogP contribution in [-0.4, -0.2) is 72.7 Å². The maximum absolute atomic E-state index is 11.7. The summed E-state index contributed by atoms with van der Waals surface area (Å²) in [6.45, 7) is 4.42. The van der Waals surface area contributed by atoms with Gasteiger partial charge in [-0.2, -0.15) is 0 Å². The third-order valence-corrected chi connectivity index (χ3v) is 2.89. The van der Waals surface area contributed by atoms with Crippen molar-refractivity contribution >= 4 is 5.91 Å². The second-order valence-electron chi connectivity index (χ2n) is 4.09. The van der Waals surface area contributed by atoms with Crippen LogP contribution in [0, 0.1) is 0 Å². The van der Waals surface area contributed by atoms with E-state index in [0.717, 1.165) is 26.1 Å². The smallest absolute Gasteiger partial charge is 0.240 e. The topological polar surface area (TPSA) is 95.8 Å². The van der Waals surface area contributed by atoms with Gasteiger partial charge in [0.15, 0.2) is 0 Å². The highest BCUT2D eigenvalue weighted by molar-refractivity contribution is 5.82. The molecule has 1 aliphatic heterocycles. The van der Waals surface area contributed by atoms with Crippen LogP contribution in [0.2, 0.25) is 0 Å². The van der Waals surface area contributed by atoms with Crippen molar-refractivity contribution < 1.29 is 9.90 Å². The van der Waals surface area contributed by atoms with E-state index in [0.29, 0.717) is 13.1 Å². The molecule has 0 aromatic carbocycles. The first-order chi connectivity index (χ1) is 7.69. The summed E-state index contributed by atoms with van der Waals surface area (Å²) < 4.78 is 0. The van der Waals surface area contributed by atoms with Gasteiger partial charge in [0, 0.05) is 45.9 Å². The van der Waals surface area contributed by atoms with Crippen LogP contribution in [0.15, 0.2) is 0 Å². The van der Waals surface area contributed by atoms with Crippen molar-refractivity contribution in [2.24, 2.45) is 11.5 Å². The lowest BCUT2D eigenvalue weighted by Crippen LogP contribution is -2.54. The maximum atomic E-state index is 11.7. The van der Waals surface area contributed by atoms with Crippen LogP contribution in [0.5, 0.6) is 0 Å². The van der Waals surface area contributed by atoms with Gasteiger partial charge in [-0.25, -0.2) is 0 Å². The molecule has 1 fully saturated rings. The summed E-state index contributed by atoms with van der Waals surface area (Å²) in [6, 6.07) is -0.566. The Kier molecular flexibility index (Phi) is 5.68. The van der Waals surface area contributed by atoms with E-state index in [-0.39, 0.29) is 19.1 Å². The molecule has 1 unspecified atom stereocenters. The summed E-state index contributed by atoms with van der Waals surface area (Å²) in [5, 5.41) is 8.72. The van der Waals surface area contributed by atoms with Crippen molar-refractivity contribution in [2.75, 3.05) is 45.9 Å². The van der Waals surface area contributed by atoms with Gasteiger partial charge in [0.05, 0.1) is 6.04 Å². The number of rotatable bonds is 5. The van der Waals surface area contributed by atoms with E-state index >= 15 is 0 Å². The number of carbonyl (C=O) groups excluding carboxylic acids is 1. The van der Waals surface area contributed by atoms with E-state index < -0.39 is 6.04 Å². The average Bonchev–Trinajstić information content (AvgIpc) is 2.35. The molecule has 1 atom stereocenters. The Labute approximate surface area is 96.2 Å². The number of carbonyl (C=O) groups is 1. The number of aliphatic hydroxyl groups is 1. The Morgan fingerprint density at radius 2 is 1.94 bits per heavy atom. The molecule has 1 amide bonds. The molecular weight excluding hydrogens is 208 g/mol. The predicted octanol–water partition coefficient (Wildman–Crippen LogP) is -2.20. The fourth-order valence-corrected chi connectivity index (χ4v) is 1.82. The van der Waals surface area contributed by atoms with Gasteiger partial charge in [-0.05, 0) is 6.42 Å². The lowest BCUT2D eigenvalue weighted by molar-refractivity contribution is -0.134. The quantitative estimate of drug-likeness (QED) is 0.498. The van der Waals surface area contributed by atoms with Crippen LogP contribution in [0.1, 0.15) is 6.42 Å². The zero-order chi connectivity index (χ0) is 12.0. The molecule has 0 bridgehead atoms. The van der Waals surface area contributed by atoms with Gasteiger partial charge in [-0.1, -0.05) is 0 Å². The van der Waals surface area contributed by atoms with Crippen LogP contribution >= 0.6 is 0 Å². The molecular formula is C10H22N4O2. The normalized spacial score (nSPS) is 19.8. The fraction of sp³-hybridized carbons (Fsp3) is 0.900. The van der Waals surface area contributed by atoms with Crippen LogP contribution in [-0.2, 0) is 4.79 Å². The number of hydrogen-bond donors (Lipinski definition) is 3. The van der Waals surface area contributed by atoms with Gasteiger partial charge in [0.1, 0.15) is 0 Å². The van der Waals surface area contributed by atoms with Crippen LogP contribution in [0.4, 0.5) is 0 Å². The van der Waals surface area contributed by atoms with Crippen LogP contribution < -0.4 is 11.5 Å². The molecule has 6 heteroatoms. The fourth-order valence-electron chi connectivity index (χ4n) is 1.82. The molecule has 1 saturated heterocycles. The monoisotopic (exact) mass is 230 g/mol. The van der Waals surface area contributed by atoms with Gasteiger partial charge in [-0.15, -0.1) is 0 Å². The molecule has 0 aromatic heterocycles. The summed E-state index contributed by atoms with van der Waals surface area (Å²) in [5.74, 6) is -0.0516. The van der Waals surface area contributed by atoms with Crippen molar-refractivity contribution in [2.45, 2.75) is 12.5 Å². The molecule has 0 aromatic rings. The lowest BCUT2D eigenvalue weighted by Gasteiger charge is -2.35. The Hall–Kier alpha value is -0.690. The number of piperazine rings is 1. The van der Waals surface area contributed by atoms with E-state index in [1.807, 2.05) is 0 Å². The summed E-state index contributed by atoms with van der Waals surface area (Å²) in [7, 11) is 0. The Bertz CT molecular complexity index is 217. The molecule has 1 heterocycles. The van der Waals surface area contributed by atoms with Crippen molar-refractivity contribution in [3.05, 3.63) is 0 Å². The van der Waals surface area contributed by atoms with Crippen molar-refractivity contribution in [3.8, 4) is 0 Å². The van der Waals surface area contributed by atoms with Crippen LogP contribution in [0.3, 0.4) is 0 Å². The average molecular weight is 230 g/mol. The highest BCUT2D eigenvalue weighted by atomic mass is 16.3. The first-order valence-electron chi connectivity index (χ1n) is 5.76. The standard InChI is InChI=1S/C10H22N4O2/c11-8-9(12)10(16)14-5-3-13(4-6-14)2-1-7-15/h9,15H,1-8,11-12H2. The summed E-state index contributed by atoms with van der Waals surface area (Å²) >= 11 is 0. The largest absolute Gasteiger partial charge is 0.396 e. The zero-order valence-electron chi connectivity index (χ0n) is 9.64. The Morgan fingerprint density at radius 3 is 2.44 bits per heavy atom. The third-order valence-electron chi connectivity index (χ3n) is 2.89. The minimum absolute atomic E-state index is 0.0516. The van der Waals surface area contributed by atoms with Gasteiger partial charge < -0.3 is 21.5 Å². The summed E-state index contributed by atoms with van der Waals surface area (Å²) in [5.41, 5.74) is 11.0. The molecule has 1 aliphatic rings. The SMILES string of the molecule is NCC(N)C(=O)N1CCN(CCCO)CC1. The van der Waals surface area contributed by atoms with Gasteiger partial charge in [0.25, 0.3) is 0 Å². The Balaban J connectivity index is 2.28. The van der Waals surface area contributed by atoms with E-state index in [9.17, 15) is 4.79 Å². The summed E-state index contributed by atoms with van der Waals surface area (Å²) in [4.78, 5) is 15.7. The molecule has 94 valence electrons. The van der Waals surface area contributed by atoms with Crippen molar-refractivity contribution in [1.29, 1.82) is 0 Å². The number of hydrogen-bond acceptors (Lipinski definition) is 5. The van der Waals surface area contributed by atoms with Gasteiger partial charge in [-0.3, -0.25) is 9.69 Å². The second-order valence-corrected chi connectivity index (χ2v) is 4.09. The molecule has 5 N–H and O–H groups in total. The molecule has 6 nitrogen and oxygen atoms in total. The Morgan fingerprint density at radius 1 is 1.31 bits per heavy atom. The minimum atomic E-state index is -0.566. The van der Waals surface area contributed by atoms with Gasteiger partial charge >= 0.3 is 0 Å². The van der Waals surface area contributed by atoms with Crippen molar-refractivity contribution in [3.63, 3.8) is 0 Å². The zero-order valence-corrected chi connectivity index (χ0v) is 9.64. The lowest BCUT2D eigenvalue weighted by atomic mass is 10.2. The number of nitrogens with two attached hydrogens (primary N) is 2. The minimum Gasteiger partial charge on any atom is -0.396 e. The van der Waals surface area contributed by atoms with E-state index in [1.54, 1.807) is 4.90 Å². The molecule has 1 rings (SSSR count). The molecule has 0 spiro atoms. The van der Waals surface area contributed by atoms with Crippen molar-refractivity contribution in [1.82, 2.24) is 9.80 Å². The maximum Gasteiger partial charge on any atom is 0.240 e. The van der Waals surface area contributed by atoms with E-state index in [4.69, 9.17) is 16.6 Å². The second kappa shape index (κ2) is 6.80. The van der Waals surface area contributed by atoms with E-state index in [2.05, 4.69) is 4.90 Å². The highest BCUT2D eigenvalue weighted by Gasteiger charge is 2.23. The molecule has 0 saturated carbocycles. The first kappa shape index (κ1) is 13.4. The first-order valence-corrected chi connectivity index (χ1v) is 5.76. The molecule has 0 radical (unpaired) electrons. The predicted molar refractivity (Wildman–Crippen MR) is 61.8 cm³/mol. The number of nitrogens with zero attached hydrogens (tertiary/aromatic N) is 2. The van der Waals surface area contributed by atoms with E-state index in [1.165, 1.54) is 0 Å². The number of amides is 1. The third kappa shape index (κ3) is 3.71. The van der Waals surface area contributed by atoms with Gasteiger partial charge in [0.2, 0.25) is 5.91 Å². The molecule has 16 heavy (non-hydrogen) atoms. The molecule has 0 aliphatic carbocycles. The highest BCUT2D eigenvalue weighted by Crippen LogP contribution is 2.03.